The highest BCUT2D eigenvalue weighted by molar-refractivity contribution is 6.01. The van der Waals surface area contributed by atoms with Crippen LogP contribution in [0.2, 0.25) is 0 Å². The van der Waals surface area contributed by atoms with Crippen molar-refractivity contribution in [1.82, 2.24) is 9.78 Å². The molecule has 3 rings (SSSR count). The Balaban J connectivity index is 2.05. The second-order valence-corrected chi connectivity index (χ2v) is 6.29. The summed E-state index contributed by atoms with van der Waals surface area (Å²) in [6, 6.07) is 15.0. The zero-order valence-electron chi connectivity index (χ0n) is 16.1. The molecule has 1 aromatic heterocycles. The number of ether oxygens (including phenoxy) is 1. The van der Waals surface area contributed by atoms with Crippen LogP contribution >= 0.6 is 0 Å². The Morgan fingerprint density at radius 3 is 2.50 bits per heavy atom. The van der Waals surface area contributed by atoms with Crippen LogP contribution in [0.25, 0.3) is 10.8 Å². The molecule has 0 saturated carbocycles. The third-order valence-electron chi connectivity index (χ3n) is 4.48. The van der Waals surface area contributed by atoms with Crippen LogP contribution < -0.4 is 15.2 Å². The van der Waals surface area contributed by atoms with Crippen LogP contribution in [-0.4, -0.2) is 40.4 Å². The number of nitriles is 1. The SMILES string of the molecule is COc1ccccc1N(CCC#N)C(=O)Cn1nc(C(=O)O)c2ccccc2c1=O. The zero-order chi connectivity index (χ0) is 21.7. The first-order valence-electron chi connectivity index (χ1n) is 9.01. The number of amides is 1. The van der Waals surface area contributed by atoms with E-state index < -0.39 is 24.0 Å². The van der Waals surface area contributed by atoms with E-state index in [0.717, 1.165) is 4.68 Å². The number of hydrogen-bond donors (Lipinski definition) is 1. The van der Waals surface area contributed by atoms with Gasteiger partial charge in [-0.25, -0.2) is 9.48 Å². The summed E-state index contributed by atoms with van der Waals surface area (Å²) in [6.07, 6.45) is 0.0597. The lowest BCUT2D eigenvalue weighted by atomic mass is 10.1. The Hall–Kier alpha value is -4.19. The minimum Gasteiger partial charge on any atom is -0.495 e. The first-order valence-corrected chi connectivity index (χ1v) is 9.01. The van der Waals surface area contributed by atoms with Crippen molar-refractivity contribution >= 4 is 28.3 Å². The summed E-state index contributed by atoms with van der Waals surface area (Å²) in [4.78, 5) is 38.8. The van der Waals surface area contributed by atoms with Crippen molar-refractivity contribution in [3.63, 3.8) is 0 Å². The molecule has 0 spiro atoms. The molecule has 0 aliphatic heterocycles. The third-order valence-corrected chi connectivity index (χ3v) is 4.48. The number of carbonyl (C=O) groups excluding carboxylic acids is 1. The quantitative estimate of drug-likeness (QED) is 0.636. The van der Waals surface area contributed by atoms with Crippen LogP contribution in [0.15, 0.2) is 53.3 Å². The van der Waals surface area contributed by atoms with E-state index in [0.29, 0.717) is 11.4 Å². The van der Waals surface area contributed by atoms with Crippen molar-refractivity contribution in [2.24, 2.45) is 0 Å². The number of carboxylic acid groups (broad SMARTS) is 1. The summed E-state index contributed by atoms with van der Waals surface area (Å²) in [6.45, 7) is -0.419. The number of fused-ring (bicyclic) bond motifs is 1. The Morgan fingerprint density at radius 2 is 1.83 bits per heavy atom. The second kappa shape index (κ2) is 8.87. The molecule has 1 amide bonds. The molecular formula is C21H18N4O5. The predicted octanol–water partition coefficient (Wildman–Crippen LogP) is 2.05. The molecule has 0 aliphatic carbocycles. The molecule has 9 nitrogen and oxygen atoms in total. The van der Waals surface area contributed by atoms with Crippen LogP contribution in [0.5, 0.6) is 5.75 Å². The number of carboxylic acids is 1. The summed E-state index contributed by atoms with van der Waals surface area (Å²) in [5, 5.41) is 22.7. The second-order valence-electron chi connectivity index (χ2n) is 6.29. The van der Waals surface area contributed by atoms with E-state index in [1.54, 1.807) is 36.4 Å². The molecule has 30 heavy (non-hydrogen) atoms. The molecule has 0 bridgehead atoms. The van der Waals surface area contributed by atoms with E-state index >= 15 is 0 Å². The van der Waals surface area contributed by atoms with Crippen molar-refractivity contribution in [3.05, 3.63) is 64.6 Å². The number of carbonyl (C=O) groups is 2. The van der Waals surface area contributed by atoms with Gasteiger partial charge in [-0.3, -0.25) is 9.59 Å². The maximum absolute atomic E-state index is 13.1. The summed E-state index contributed by atoms with van der Waals surface area (Å²) in [7, 11) is 1.46. The van der Waals surface area contributed by atoms with Gasteiger partial charge in [0.15, 0.2) is 5.69 Å². The Bertz CT molecular complexity index is 1210. The topological polar surface area (TPSA) is 126 Å². The number of anilines is 1. The number of rotatable bonds is 7. The van der Waals surface area contributed by atoms with E-state index in [1.165, 1.54) is 24.1 Å². The third kappa shape index (κ3) is 3.98. The highest BCUT2D eigenvalue weighted by Gasteiger charge is 2.22. The molecule has 3 aromatic rings. The number of methoxy groups -OCH3 is 1. The molecule has 152 valence electrons. The zero-order valence-corrected chi connectivity index (χ0v) is 16.1. The molecule has 2 aromatic carbocycles. The average molecular weight is 406 g/mol. The molecular weight excluding hydrogens is 388 g/mol. The molecule has 0 aliphatic rings. The Kier molecular flexibility index (Phi) is 6.08. The lowest BCUT2D eigenvalue weighted by molar-refractivity contribution is -0.119. The summed E-state index contributed by atoms with van der Waals surface area (Å²) in [5.41, 5.74) is -0.462. The molecule has 0 atom stereocenters. The maximum Gasteiger partial charge on any atom is 0.357 e. The van der Waals surface area contributed by atoms with Gasteiger partial charge in [-0.15, -0.1) is 0 Å². The van der Waals surface area contributed by atoms with Gasteiger partial charge in [0.25, 0.3) is 5.56 Å². The fraction of sp³-hybridized carbons (Fsp3) is 0.190. The standard InChI is InChI=1S/C21H18N4O5/c1-30-17-10-5-4-9-16(17)24(12-6-11-22)18(26)13-25-20(27)15-8-3-2-7-14(15)19(23-25)21(28)29/h2-5,7-10H,6,12-13H2,1H3,(H,28,29). The van der Waals surface area contributed by atoms with Gasteiger partial charge in [-0.05, 0) is 18.2 Å². The number of para-hydroxylation sites is 2. The van der Waals surface area contributed by atoms with Crippen LogP contribution in [0.3, 0.4) is 0 Å². The number of hydrogen-bond acceptors (Lipinski definition) is 6. The monoisotopic (exact) mass is 406 g/mol. The van der Waals surface area contributed by atoms with E-state index in [2.05, 4.69) is 5.10 Å². The Morgan fingerprint density at radius 1 is 1.17 bits per heavy atom. The molecule has 0 radical (unpaired) electrons. The van der Waals surface area contributed by atoms with Gasteiger partial charge in [0, 0.05) is 11.9 Å². The normalized spacial score (nSPS) is 10.4. The number of benzene rings is 2. The van der Waals surface area contributed by atoms with Crippen LogP contribution in [0.4, 0.5) is 5.69 Å². The molecule has 0 unspecified atom stereocenters. The van der Waals surface area contributed by atoms with Gasteiger partial charge in [-0.1, -0.05) is 30.3 Å². The fourth-order valence-electron chi connectivity index (χ4n) is 3.11. The van der Waals surface area contributed by atoms with Crippen molar-refractivity contribution < 1.29 is 19.4 Å². The average Bonchev–Trinajstić information content (AvgIpc) is 2.76. The van der Waals surface area contributed by atoms with Crippen molar-refractivity contribution in [3.8, 4) is 11.8 Å². The van der Waals surface area contributed by atoms with Crippen molar-refractivity contribution in [2.75, 3.05) is 18.6 Å². The molecule has 1 heterocycles. The van der Waals surface area contributed by atoms with Crippen LogP contribution in [0, 0.1) is 11.3 Å². The first kappa shape index (κ1) is 20.5. The van der Waals surface area contributed by atoms with E-state index in [9.17, 15) is 19.5 Å². The van der Waals surface area contributed by atoms with E-state index in [-0.39, 0.29) is 29.4 Å². The summed E-state index contributed by atoms with van der Waals surface area (Å²) >= 11 is 0. The first-order chi connectivity index (χ1) is 14.5. The van der Waals surface area contributed by atoms with Gasteiger partial charge in [0.2, 0.25) is 5.91 Å². The highest BCUT2D eigenvalue weighted by atomic mass is 16.5. The minimum absolute atomic E-state index is 0.0597. The fourth-order valence-corrected chi connectivity index (χ4v) is 3.11. The summed E-state index contributed by atoms with van der Waals surface area (Å²) < 4.78 is 6.14. The minimum atomic E-state index is -1.31. The lowest BCUT2D eigenvalue weighted by Gasteiger charge is -2.24. The van der Waals surface area contributed by atoms with Crippen LogP contribution in [0.1, 0.15) is 16.9 Å². The molecule has 1 N–H and O–H groups in total. The van der Waals surface area contributed by atoms with E-state index in [1.807, 2.05) is 6.07 Å². The number of aromatic nitrogens is 2. The number of aromatic carboxylic acids is 1. The lowest BCUT2D eigenvalue weighted by Crippen LogP contribution is -2.38. The molecule has 9 heteroatoms. The van der Waals surface area contributed by atoms with Gasteiger partial charge in [-0.2, -0.15) is 10.4 Å². The van der Waals surface area contributed by atoms with Gasteiger partial charge in [0.1, 0.15) is 12.3 Å². The maximum atomic E-state index is 13.1. The highest BCUT2D eigenvalue weighted by Crippen LogP contribution is 2.28. The number of nitrogens with zero attached hydrogens (tertiary/aromatic N) is 4. The van der Waals surface area contributed by atoms with Crippen molar-refractivity contribution in [1.29, 1.82) is 5.26 Å². The van der Waals surface area contributed by atoms with Crippen LogP contribution in [-0.2, 0) is 11.3 Å². The molecule has 0 fully saturated rings. The van der Waals surface area contributed by atoms with E-state index in [4.69, 9.17) is 10.00 Å². The summed E-state index contributed by atoms with van der Waals surface area (Å²) in [5.74, 6) is -1.41. The van der Waals surface area contributed by atoms with Gasteiger partial charge >= 0.3 is 5.97 Å². The Labute approximate surface area is 171 Å². The predicted molar refractivity (Wildman–Crippen MR) is 109 cm³/mol. The largest absolute Gasteiger partial charge is 0.495 e. The van der Waals surface area contributed by atoms with Gasteiger partial charge in [0.05, 0.1) is 30.7 Å². The molecule has 0 saturated heterocycles. The smallest absolute Gasteiger partial charge is 0.357 e. The van der Waals surface area contributed by atoms with Crippen molar-refractivity contribution in [2.45, 2.75) is 13.0 Å². The van der Waals surface area contributed by atoms with Gasteiger partial charge < -0.3 is 14.7 Å².